The van der Waals surface area contributed by atoms with Crippen molar-refractivity contribution in [3.05, 3.63) is 204 Å². The van der Waals surface area contributed by atoms with Gasteiger partial charge < -0.3 is 35.9 Å². The molecule has 0 radical (unpaired) electrons. The van der Waals surface area contributed by atoms with Crippen LogP contribution in [0.3, 0.4) is 0 Å². The molecule has 5 aliphatic rings. The van der Waals surface area contributed by atoms with Crippen LogP contribution in [-0.2, 0) is 52.0 Å². The molecular formula is C82H78F3N27O4S. The summed E-state index contributed by atoms with van der Waals surface area (Å²) < 4.78 is 61.6. The zero-order valence-electron chi connectivity index (χ0n) is 63.8. The lowest BCUT2D eigenvalue weighted by Crippen LogP contribution is -2.38. The second kappa shape index (κ2) is 29.3. The highest BCUT2D eigenvalue weighted by Gasteiger charge is 2.42. The van der Waals surface area contributed by atoms with Crippen LogP contribution in [0.25, 0.3) is 123 Å². The molecule has 2 saturated carbocycles. The zero-order valence-corrected chi connectivity index (χ0v) is 64.6. The first-order valence-electron chi connectivity index (χ1n) is 38.9. The Hall–Kier alpha value is -13.7. The molecule has 2 fully saturated rings. The van der Waals surface area contributed by atoms with Crippen molar-refractivity contribution in [1.29, 1.82) is 0 Å². The first-order chi connectivity index (χ1) is 56.7. The highest BCUT2D eigenvalue weighted by atomic mass is 32.1. The minimum atomic E-state index is -1.10. The van der Waals surface area contributed by atoms with E-state index in [0.717, 1.165) is 160 Å². The Morgan fingerprint density at radius 1 is 0.513 bits per heavy atom. The number of alkyl halides is 3. The normalized spacial score (nSPS) is 16.6. The number of primary amides is 3. The Morgan fingerprint density at radius 3 is 1.38 bits per heavy atom. The molecule has 0 saturated heterocycles. The van der Waals surface area contributed by atoms with Gasteiger partial charge >= 0.3 is 0 Å². The van der Waals surface area contributed by atoms with Gasteiger partial charge in [-0.15, -0.1) is 11.3 Å². The van der Waals surface area contributed by atoms with Crippen LogP contribution in [0.2, 0.25) is 0 Å². The average Bonchev–Trinajstić information content (AvgIpc) is 1.63. The fourth-order valence-electron chi connectivity index (χ4n) is 16.5. The molecule has 1 aromatic carbocycles. The summed E-state index contributed by atoms with van der Waals surface area (Å²) in [6.07, 6.45) is 29.4. The summed E-state index contributed by atoms with van der Waals surface area (Å²) in [5.74, 6) is 1.47. The first kappa shape index (κ1) is 73.4. The quantitative estimate of drug-likeness (QED) is 0.0658. The van der Waals surface area contributed by atoms with E-state index >= 15 is 0 Å². The molecule has 0 bridgehead atoms. The summed E-state index contributed by atoms with van der Waals surface area (Å²) in [6, 6.07) is 25.5. The number of hydrogen-bond acceptors (Lipinski definition) is 17. The van der Waals surface area contributed by atoms with Crippen molar-refractivity contribution < 1.29 is 27.6 Å². The first-order valence-corrected chi connectivity index (χ1v) is 39.8. The zero-order chi connectivity index (χ0) is 80.2. The van der Waals surface area contributed by atoms with E-state index < -0.39 is 35.7 Å². The summed E-state index contributed by atoms with van der Waals surface area (Å²) in [6.45, 7) is 7.69. The number of aromatic nitrogens is 24. The SMILES string of the molecule is CC(F)Cn1ccc(-c2nc3n(c2-c2ccc4nc[nH]c(=O)c4c2)CCC3)n1.CC(F)Cn1ccc(-c2nc3n(c2-c2ccc4ncc(C(N)=O)n4c2)CCC3)n1.CC1(F)CC(n2ccc(-c3nc4n(c3-c3ccc5ncc(C(N)=O)n5c3)CCC4)n2)C1.NC(=O)c1cnc2ccc(-c3c(-c4ccn(C5CCC5)n4)nc4sccn34)cn12. The molecule has 7 N–H and O–H groups in total. The molecule has 3 amide bonds. The van der Waals surface area contributed by atoms with Crippen LogP contribution in [0.1, 0.15) is 133 Å². The molecule has 16 aromatic heterocycles. The monoisotopic (exact) mass is 1590 g/mol. The number of halogens is 3. The number of rotatable bonds is 17. The molecule has 22 rings (SSSR count). The third-order valence-corrected chi connectivity index (χ3v) is 23.0. The van der Waals surface area contributed by atoms with Crippen LogP contribution in [-0.4, -0.2) is 151 Å². The minimum Gasteiger partial charge on any atom is -0.364 e. The number of nitrogens with two attached hydrogens (primary N) is 3. The van der Waals surface area contributed by atoms with E-state index in [2.05, 4.69) is 57.9 Å². The number of aromatic amines is 1. The van der Waals surface area contributed by atoms with Gasteiger partial charge in [0.05, 0.1) is 83.8 Å². The molecular weight excluding hydrogens is 1520 g/mol. The third-order valence-electron chi connectivity index (χ3n) is 22.2. The van der Waals surface area contributed by atoms with Crippen LogP contribution in [0.4, 0.5) is 13.2 Å². The molecule has 35 heteroatoms. The number of fused-ring (bicyclic) bond motifs is 8. The number of benzene rings is 1. The predicted molar refractivity (Wildman–Crippen MR) is 431 cm³/mol. The molecule has 19 heterocycles. The van der Waals surface area contributed by atoms with Gasteiger partial charge in [0.15, 0.2) is 4.96 Å². The van der Waals surface area contributed by atoms with Gasteiger partial charge in [-0.2, -0.15) is 20.4 Å². The second-order valence-corrected chi connectivity index (χ2v) is 31.4. The number of nitrogens with zero attached hydrogens (tertiary/aromatic N) is 23. The van der Waals surface area contributed by atoms with Crippen molar-refractivity contribution in [2.45, 2.75) is 154 Å². The third kappa shape index (κ3) is 13.6. The van der Waals surface area contributed by atoms with E-state index in [4.69, 9.17) is 47.3 Å². The topological polar surface area (TPSA) is 369 Å². The van der Waals surface area contributed by atoms with Gasteiger partial charge in [0.1, 0.15) is 115 Å². The standard InChI is InChI=1S/C22H22FN7O.C20H20FN7O.C20H19FN6O.C20H17N7OS/c1-22(23)9-14(10-22)30-8-6-15(27-30)19-20(28-7-2-3-18(28)26-19)13-4-5-17-25-11-16(21(24)31)29(17)12-13;1-12(21)10-26-8-6-14(25-26)18-19(27-7-2-3-17(27)24-18)13-4-5-16-23-9-15(20(22)29)28(16)11-13;1-12(21)10-26-8-6-16(25-26)18-19(27-7-2-3-17(27)24-18)13-4-5-15-14(9-13)20(28)23-11-22-15;21-19(28)15-10-22-16-5-4-12(11-26(15)16)18-17(23-20-25(18)8-9-29-20)14-6-7-27(24-14)13-2-1-3-13/h4-6,8,11-12,14H,2-3,7,9-10H2,1H3,(H2,24,31);4-6,8-9,11-12H,2-3,7,10H2,1H3,(H2,22,29);4-6,8-9,11-12H,2-3,7,10H2,1H3,(H,22,23,28);4-11,13H,1-3H2,(H2,21,28). The van der Waals surface area contributed by atoms with E-state index in [-0.39, 0.29) is 24.7 Å². The molecule has 592 valence electrons. The van der Waals surface area contributed by atoms with Gasteiger partial charge in [0.2, 0.25) is 0 Å². The van der Waals surface area contributed by atoms with Gasteiger partial charge in [-0.05, 0) is 132 Å². The van der Waals surface area contributed by atoms with Crippen LogP contribution < -0.4 is 22.8 Å². The smallest absolute Gasteiger partial charge is 0.267 e. The maximum atomic E-state index is 14.0. The number of nitrogens with one attached hydrogen (secondary N) is 1. The number of hydrogen-bond donors (Lipinski definition) is 4. The van der Waals surface area contributed by atoms with Crippen molar-refractivity contribution in [2.75, 3.05) is 0 Å². The average molecular weight is 1590 g/mol. The maximum absolute atomic E-state index is 14.0. The Morgan fingerprint density at radius 2 is 0.940 bits per heavy atom. The van der Waals surface area contributed by atoms with Crippen molar-refractivity contribution in [2.24, 2.45) is 17.2 Å². The summed E-state index contributed by atoms with van der Waals surface area (Å²) in [7, 11) is 0. The van der Waals surface area contributed by atoms with E-state index in [9.17, 15) is 32.3 Å². The number of aryl methyl sites for hydroxylation is 3. The summed E-state index contributed by atoms with van der Waals surface area (Å²) in [5, 5.41) is 21.2. The molecule has 2 aliphatic carbocycles. The highest BCUT2D eigenvalue weighted by molar-refractivity contribution is 7.15. The maximum Gasteiger partial charge on any atom is 0.267 e. The lowest BCUT2D eigenvalue weighted by molar-refractivity contribution is 0.0266. The fraction of sp³-hybridized carbons (Fsp3) is 0.293. The van der Waals surface area contributed by atoms with Gasteiger partial charge in [-0.1, -0.05) is 6.07 Å². The number of pyridine rings is 3. The number of carbonyl (C=O) groups excluding carboxylic acids is 3. The number of thiazole rings is 1. The summed E-state index contributed by atoms with van der Waals surface area (Å²) in [5.41, 5.74) is 32.4. The summed E-state index contributed by atoms with van der Waals surface area (Å²) >= 11 is 1.58. The number of carbonyl (C=O) groups is 3. The molecule has 2 atom stereocenters. The van der Waals surface area contributed by atoms with Crippen molar-refractivity contribution in [3.63, 3.8) is 0 Å². The highest BCUT2D eigenvalue weighted by Crippen LogP contribution is 2.46. The fourth-order valence-corrected chi connectivity index (χ4v) is 17.3. The molecule has 117 heavy (non-hydrogen) atoms. The lowest BCUT2D eigenvalue weighted by atomic mass is 9.79. The Balaban J connectivity index is 0.000000104. The van der Waals surface area contributed by atoms with Gasteiger partial charge in [-0.25, -0.2) is 53.0 Å². The Kier molecular flexibility index (Phi) is 18.4. The van der Waals surface area contributed by atoms with E-state index in [0.29, 0.717) is 75.2 Å². The van der Waals surface area contributed by atoms with E-state index in [1.165, 1.54) is 58.0 Å². The van der Waals surface area contributed by atoms with Crippen LogP contribution in [0, 0.1) is 0 Å². The Bertz CT molecular complexity index is 6800. The number of imidazole rings is 7. The van der Waals surface area contributed by atoms with Gasteiger partial charge in [0, 0.05) is 129 Å². The Labute approximate surface area is 667 Å². The molecule has 2 unspecified atom stereocenters. The van der Waals surface area contributed by atoms with Crippen molar-refractivity contribution >= 4 is 61.9 Å². The van der Waals surface area contributed by atoms with Gasteiger partial charge in [0.25, 0.3) is 23.3 Å². The number of H-pyrrole nitrogens is 1. The summed E-state index contributed by atoms with van der Waals surface area (Å²) in [4.78, 5) is 87.4. The lowest BCUT2D eigenvalue weighted by Gasteiger charge is -2.38. The predicted octanol–water partition coefficient (Wildman–Crippen LogP) is 12.0. The van der Waals surface area contributed by atoms with Crippen molar-refractivity contribution in [3.8, 4) is 90.6 Å². The number of amides is 3. The van der Waals surface area contributed by atoms with Crippen LogP contribution in [0.5, 0.6) is 0 Å². The second-order valence-electron chi connectivity index (χ2n) is 30.6. The van der Waals surface area contributed by atoms with Crippen LogP contribution >= 0.6 is 11.3 Å². The van der Waals surface area contributed by atoms with Crippen LogP contribution in [0.15, 0.2) is 164 Å². The van der Waals surface area contributed by atoms with Gasteiger partial charge in [-0.3, -0.25) is 55.5 Å². The van der Waals surface area contributed by atoms with Crippen molar-refractivity contribution in [1.82, 2.24) is 115 Å². The minimum absolute atomic E-state index is 0.0853. The molecule has 0 spiro atoms. The molecule has 31 nitrogen and oxygen atoms in total. The largest absolute Gasteiger partial charge is 0.364 e. The molecule has 17 aromatic rings. The van der Waals surface area contributed by atoms with E-state index in [1.54, 1.807) is 53.2 Å². The van der Waals surface area contributed by atoms with E-state index in [1.807, 2.05) is 126 Å². The molecule has 3 aliphatic heterocycles.